The third-order valence-electron chi connectivity index (χ3n) is 3.91. The summed E-state index contributed by atoms with van der Waals surface area (Å²) in [6, 6.07) is 3.78. The summed E-state index contributed by atoms with van der Waals surface area (Å²) in [5, 5.41) is 9.39. The Bertz CT molecular complexity index is 801. The maximum Gasteiger partial charge on any atom is 0.314 e. The molecule has 0 spiro atoms. The third-order valence-corrected chi connectivity index (χ3v) is 6.33. The number of carboxylic acids is 1. The van der Waals surface area contributed by atoms with Crippen LogP contribution in [0.3, 0.4) is 0 Å². The molecule has 0 aromatic heterocycles. The van der Waals surface area contributed by atoms with Crippen molar-refractivity contribution in [3.8, 4) is 0 Å². The van der Waals surface area contributed by atoms with Gasteiger partial charge in [0.05, 0.1) is 15.2 Å². The van der Waals surface area contributed by atoms with Crippen molar-refractivity contribution in [2.24, 2.45) is 0 Å². The quantitative estimate of drug-likeness (QED) is 0.882. The smallest absolute Gasteiger partial charge is 0.314 e. The average molecular weight is 332 g/mol. The lowest BCUT2D eigenvalue weighted by Crippen LogP contribution is -2.42. The standard InChI is InChI=1S/C13H16O6S2/c1-20(16,17)10-5-4-9(8-11(10)21(2,18)19)13(12(14)15)6-3-7-13/h4-5,8H,3,6-7H2,1-2H3,(H,14,15). The molecule has 6 nitrogen and oxygen atoms in total. The average Bonchev–Trinajstić information content (AvgIpc) is 2.24. The normalized spacial score (nSPS) is 18.0. The first-order chi connectivity index (χ1) is 9.48. The lowest BCUT2D eigenvalue weighted by Gasteiger charge is -2.38. The van der Waals surface area contributed by atoms with E-state index >= 15 is 0 Å². The number of benzene rings is 1. The van der Waals surface area contributed by atoms with Crippen molar-refractivity contribution >= 4 is 25.6 Å². The third kappa shape index (κ3) is 2.69. The summed E-state index contributed by atoms with van der Waals surface area (Å²) < 4.78 is 47.1. The molecule has 116 valence electrons. The van der Waals surface area contributed by atoms with Crippen LogP contribution >= 0.6 is 0 Å². The van der Waals surface area contributed by atoms with E-state index in [0.717, 1.165) is 18.9 Å². The molecule has 1 N–H and O–H groups in total. The van der Waals surface area contributed by atoms with Crippen LogP contribution in [0.25, 0.3) is 0 Å². The van der Waals surface area contributed by atoms with Crippen LogP contribution in [-0.4, -0.2) is 40.4 Å². The second-order valence-corrected chi connectivity index (χ2v) is 9.41. The van der Waals surface area contributed by atoms with Gasteiger partial charge in [0.25, 0.3) is 0 Å². The topological polar surface area (TPSA) is 106 Å². The zero-order valence-electron chi connectivity index (χ0n) is 11.7. The van der Waals surface area contributed by atoms with Crippen molar-refractivity contribution in [2.75, 3.05) is 12.5 Å². The van der Waals surface area contributed by atoms with E-state index in [1.807, 2.05) is 0 Å². The minimum absolute atomic E-state index is 0.298. The van der Waals surface area contributed by atoms with Crippen molar-refractivity contribution < 1.29 is 26.7 Å². The van der Waals surface area contributed by atoms with Gasteiger partial charge in [-0.2, -0.15) is 0 Å². The highest BCUT2D eigenvalue weighted by molar-refractivity contribution is 7.93. The molecule has 21 heavy (non-hydrogen) atoms. The second-order valence-electron chi connectivity index (χ2n) is 5.45. The van der Waals surface area contributed by atoms with Gasteiger partial charge in [-0.25, -0.2) is 16.8 Å². The van der Waals surface area contributed by atoms with Crippen LogP contribution in [0.4, 0.5) is 0 Å². The van der Waals surface area contributed by atoms with E-state index in [1.165, 1.54) is 18.2 Å². The largest absolute Gasteiger partial charge is 0.481 e. The molecule has 1 aliphatic rings. The molecule has 1 saturated carbocycles. The monoisotopic (exact) mass is 332 g/mol. The zero-order valence-corrected chi connectivity index (χ0v) is 13.3. The summed E-state index contributed by atoms with van der Waals surface area (Å²) in [4.78, 5) is 10.8. The van der Waals surface area contributed by atoms with Crippen molar-refractivity contribution in [3.05, 3.63) is 23.8 Å². The van der Waals surface area contributed by atoms with E-state index < -0.39 is 31.1 Å². The Balaban J connectivity index is 2.73. The lowest BCUT2D eigenvalue weighted by molar-refractivity contribution is -0.147. The highest BCUT2D eigenvalue weighted by Crippen LogP contribution is 2.45. The summed E-state index contributed by atoms with van der Waals surface area (Å²) in [5.41, 5.74) is -0.760. The Hall–Kier alpha value is -1.41. The number of rotatable bonds is 4. The fourth-order valence-corrected chi connectivity index (χ4v) is 4.98. The fourth-order valence-electron chi connectivity index (χ4n) is 2.56. The first-order valence-corrected chi connectivity index (χ1v) is 10.0. The minimum atomic E-state index is -3.78. The van der Waals surface area contributed by atoms with E-state index in [2.05, 4.69) is 0 Å². The molecule has 0 heterocycles. The van der Waals surface area contributed by atoms with E-state index in [9.17, 15) is 26.7 Å². The van der Waals surface area contributed by atoms with E-state index in [4.69, 9.17) is 0 Å². The van der Waals surface area contributed by atoms with Gasteiger partial charge in [-0.15, -0.1) is 0 Å². The molecular weight excluding hydrogens is 316 g/mol. The highest BCUT2D eigenvalue weighted by Gasteiger charge is 2.46. The molecule has 1 aliphatic carbocycles. The maximum absolute atomic E-state index is 11.8. The minimum Gasteiger partial charge on any atom is -0.481 e. The Kier molecular flexibility index (Phi) is 3.66. The number of carboxylic acid groups (broad SMARTS) is 1. The first kappa shape index (κ1) is 16.0. The van der Waals surface area contributed by atoms with Gasteiger partial charge in [0.15, 0.2) is 19.7 Å². The van der Waals surface area contributed by atoms with Gasteiger partial charge in [-0.05, 0) is 30.5 Å². The first-order valence-electron chi connectivity index (χ1n) is 6.26. The summed E-state index contributed by atoms with van der Waals surface area (Å²) >= 11 is 0. The Morgan fingerprint density at radius 3 is 1.90 bits per heavy atom. The van der Waals surface area contributed by atoms with Gasteiger partial charge >= 0.3 is 5.97 Å². The van der Waals surface area contributed by atoms with Gasteiger partial charge in [0.2, 0.25) is 0 Å². The number of aliphatic carboxylic acids is 1. The SMILES string of the molecule is CS(=O)(=O)c1ccc(C2(C(=O)O)CCC2)cc1S(C)(=O)=O. The van der Waals surface area contributed by atoms with Crippen molar-refractivity contribution in [1.82, 2.24) is 0 Å². The van der Waals surface area contributed by atoms with Crippen molar-refractivity contribution in [3.63, 3.8) is 0 Å². The molecule has 1 fully saturated rings. The predicted octanol–water partition coefficient (Wildman–Crippen LogP) is 1.000. The molecule has 1 aromatic rings. The molecule has 2 rings (SSSR count). The lowest BCUT2D eigenvalue weighted by atomic mass is 9.64. The molecular formula is C13H16O6S2. The summed E-state index contributed by atoms with van der Waals surface area (Å²) in [7, 11) is -7.50. The van der Waals surface area contributed by atoms with Gasteiger partial charge in [0, 0.05) is 12.5 Å². The molecule has 0 amide bonds. The van der Waals surface area contributed by atoms with Crippen LogP contribution in [0, 0.1) is 0 Å². The highest BCUT2D eigenvalue weighted by atomic mass is 32.2. The van der Waals surface area contributed by atoms with Crippen LogP contribution < -0.4 is 0 Å². The summed E-state index contributed by atoms with van der Waals surface area (Å²) in [6.07, 6.45) is 3.42. The molecule has 0 bridgehead atoms. The molecule has 0 unspecified atom stereocenters. The van der Waals surface area contributed by atoms with E-state index in [1.54, 1.807) is 0 Å². The Labute approximate surface area is 123 Å². The molecule has 0 aliphatic heterocycles. The molecule has 0 atom stereocenters. The number of carbonyl (C=O) groups is 1. The number of sulfone groups is 2. The van der Waals surface area contributed by atoms with Crippen molar-refractivity contribution in [1.29, 1.82) is 0 Å². The van der Waals surface area contributed by atoms with Gasteiger partial charge in [-0.3, -0.25) is 4.79 Å². The van der Waals surface area contributed by atoms with Crippen LogP contribution in [-0.2, 0) is 29.9 Å². The number of hydrogen-bond donors (Lipinski definition) is 1. The summed E-state index contributed by atoms with van der Waals surface area (Å²) in [5.74, 6) is -1.01. The molecule has 8 heteroatoms. The molecule has 0 radical (unpaired) electrons. The van der Waals surface area contributed by atoms with Gasteiger partial charge in [0.1, 0.15) is 0 Å². The van der Waals surface area contributed by atoms with Gasteiger partial charge < -0.3 is 5.11 Å². The second kappa shape index (κ2) is 4.81. The zero-order chi connectivity index (χ0) is 16.1. The van der Waals surface area contributed by atoms with E-state index in [-0.39, 0.29) is 9.79 Å². The van der Waals surface area contributed by atoms with Crippen LogP contribution in [0.5, 0.6) is 0 Å². The number of hydrogen-bond acceptors (Lipinski definition) is 5. The Morgan fingerprint density at radius 2 is 1.57 bits per heavy atom. The van der Waals surface area contributed by atoms with Crippen LogP contribution in [0.1, 0.15) is 24.8 Å². The van der Waals surface area contributed by atoms with E-state index in [0.29, 0.717) is 18.4 Å². The van der Waals surface area contributed by atoms with Crippen molar-refractivity contribution in [2.45, 2.75) is 34.5 Å². The predicted molar refractivity (Wildman–Crippen MR) is 75.8 cm³/mol. The maximum atomic E-state index is 11.8. The fraction of sp³-hybridized carbons (Fsp3) is 0.462. The van der Waals surface area contributed by atoms with Crippen LogP contribution in [0.15, 0.2) is 28.0 Å². The summed E-state index contributed by atoms with van der Waals surface area (Å²) in [6.45, 7) is 0. The Morgan fingerprint density at radius 1 is 1.05 bits per heavy atom. The molecule has 1 aromatic carbocycles. The van der Waals surface area contributed by atoms with Gasteiger partial charge in [-0.1, -0.05) is 12.5 Å². The van der Waals surface area contributed by atoms with Crippen LogP contribution in [0.2, 0.25) is 0 Å². The molecule has 0 saturated heterocycles.